The maximum atomic E-state index is 3.85. The zero-order valence-corrected chi connectivity index (χ0v) is 10.3. The van der Waals surface area contributed by atoms with E-state index in [-0.39, 0.29) is 0 Å². The highest BCUT2D eigenvalue weighted by Gasteiger charge is 2.21. The molecule has 0 radical (unpaired) electrons. The van der Waals surface area contributed by atoms with Crippen molar-refractivity contribution in [2.75, 3.05) is 11.4 Å². The summed E-state index contributed by atoms with van der Waals surface area (Å²) in [7, 11) is 0. The summed E-state index contributed by atoms with van der Waals surface area (Å²) in [5, 5.41) is 0. The van der Waals surface area contributed by atoms with Crippen LogP contribution < -0.4 is 4.90 Å². The van der Waals surface area contributed by atoms with Gasteiger partial charge in [0.05, 0.1) is 11.4 Å². The Hall–Kier alpha value is -1.67. The largest absolute Gasteiger partial charge is 0.336 e. The molecular formula is C15H13NS. The maximum Gasteiger partial charge on any atom is 0.0555 e. The first-order valence-electron chi connectivity index (χ1n) is 5.64. The number of nitrogens with zero attached hydrogens (tertiary/aromatic N) is 1. The summed E-state index contributed by atoms with van der Waals surface area (Å²) < 4.78 is 0. The fourth-order valence-electron chi connectivity index (χ4n) is 2.11. The van der Waals surface area contributed by atoms with Gasteiger partial charge >= 0.3 is 0 Å². The van der Waals surface area contributed by atoms with Crippen molar-refractivity contribution >= 4 is 23.1 Å². The first-order valence-corrected chi connectivity index (χ1v) is 6.46. The molecule has 0 saturated heterocycles. The lowest BCUT2D eigenvalue weighted by molar-refractivity contribution is 1.04. The van der Waals surface area contributed by atoms with Gasteiger partial charge in [-0.25, -0.2) is 0 Å². The average Bonchev–Trinajstić information content (AvgIpc) is 2.39. The predicted octanol–water partition coefficient (Wildman–Crippen LogP) is 4.48. The number of anilines is 2. The molecule has 1 aliphatic rings. The van der Waals surface area contributed by atoms with Gasteiger partial charge in [-0.3, -0.25) is 0 Å². The van der Waals surface area contributed by atoms with Gasteiger partial charge in [-0.1, -0.05) is 42.1 Å². The molecule has 0 atom stereocenters. The number of benzene rings is 2. The molecule has 1 aliphatic heterocycles. The van der Waals surface area contributed by atoms with Crippen LogP contribution in [0.2, 0.25) is 0 Å². The van der Waals surface area contributed by atoms with E-state index in [0.717, 1.165) is 6.54 Å². The second kappa shape index (κ2) is 4.30. The maximum absolute atomic E-state index is 3.85. The van der Waals surface area contributed by atoms with Crippen LogP contribution in [0.5, 0.6) is 0 Å². The number of rotatable bonds is 2. The quantitative estimate of drug-likeness (QED) is 0.711. The van der Waals surface area contributed by atoms with Gasteiger partial charge < -0.3 is 4.90 Å². The Labute approximate surface area is 106 Å². The molecule has 1 nitrogen and oxygen atoms in total. The standard InChI is InChI=1S/C15H13NS/c1-2-11-16-12-7-3-5-9-14(12)17-15-10-6-4-8-13(15)16/h2-10H,1,11H2. The summed E-state index contributed by atoms with van der Waals surface area (Å²) in [5.74, 6) is 0. The van der Waals surface area contributed by atoms with Gasteiger partial charge in [0.2, 0.25) is 0 Å². The molecular weight excluding hydrogens is 226 g/mol. The second-order valence-electron chi connectivity index (χ2n) is 3.94. The summed E-state index contributed by atoms with van der Waals surface area (Å²) in [6.07, 6.45) is 1.95. The van der Waals surface area contributed by atoms with Crippen molar-refractivity contribution in [1.82, 2.24) is 0 Å². The minimum absolute atomic E-state index is 0.842. The molecule has 0 spiro atoms. The summed E-state index contributed by atoms with van der Waals surface area (Å²) in [4.78, 5) is 4.94. The van der Waals surface area contributed by atoms with Gasteiger partial charge in [-0.2, -0.15) is 0 Å². The minimum atomic E-state index is 0.842. The highest BCUT2D eigenvalue weighted by molar-refractivity contribution is 7.99. The zero-order chi connectivity index (χ0) is 11.7. The van der Waals surface area contributed by atoms with E-state index >= 15 is 0 Å². The first kappa shape index (κ1) is 10.5. The highest BCUT2D eigenvalue weighted by atomic mass is 32.2. The molecule has 3 rings (SSSR count). The zero-order valence-electron chi connectivity index (χ0n) is 9.47. The van der Waals surface area contributed by atoms with Gasteiger partial charge in [-0.15, -0.1) is 6.58 Å². The van der Waals surface area contributed by atoms with Gasteiger partial charge in [0, 0.05) is 16.3 Å². The van der Waals surface area contributed by atoms with Crippen LogP contribution in [0.25, 0.3) is 0 Å². The van der Waals surface area contributed by atoms with Gasteiger partial charge in [-0.05, 0) is 24.3 Å². The highest BCUT2D eigenvalue weighted by Crippen LogP contribution is 2.47. The summed E-state index contributed by atoms with van der Waals surface area (Å²) in [6, 6.07) is 17.0. The second-order valence-corrected chi connectivity index (χ2v) is 5.02. The summed E-state index contributed by atoms with van der Waals surface area (Å²) in [5.41, 5.74) is 2.55. The molecule has 17 heavy (non-hydrogen) atoms. The van der Waals surface area contributed by atoms with Crippen LogP contribution in [-0.2, 0) is 0 Å². The van der Waals surface area contributed by atoms with Crippen molar-refractivity contribution in [3.63, 3.8) is 0 Å². The van der Waals surface area contributed by atoms with Crippen LogP contribution in [0.1, 0.15) is 0 Å². The van der Waals surface area contributed by atoms with Crippen molar-refractivity contribution in [2.24, 2.45) is 0 Å². The van der Waals surface area contributed by atoms with Crippen molar-refractivity contribution < 1.29 is 0 Å². The van der Waals surface area contributed by atoms with E-state index < -0.39 is 0 Å². The van der Waals surface area contributed by atoms with Gasteiger partial charge in [0.15, 0.2) is 0 Å². The monoisotopic (exact) mass is 239 g/mol. The van der Waals surface area contributed by atoms with Crippen LogP contribution >= 0.6 is 11.8 Å². The molecule has 0 unspecified atom stereocenters. The lowest BCUT2D eigenvalue weighted by atomic mass is 10.2. The molecule has 84 valence electrons. The summed E-state index contributed by atoms with van der Waals surface area (Å²) >= 11 is 1.84. The Morgan fingerprint density at radius 3 is 2.00 bits per heavy atom. The van der Waals surface area contributed by atoms with E-state index in [2.05, 4.69) is 60.0 Å². The van der Waals surface area contributed by atoms with E-state index in [1.807, 2.05) is 17.8 Å². The van der Waals surface area contributed by atoms with Crippen LogP contribution in [0.15, 0.2) is 71.0 Å². The molecule has 2 aromatic rings. The Balaban J connectivity index is 2.16. The number of hydrogen-bond donors (Lipinski definition) is 0. The van der Waals surface area contributed by atoms with Crippen molar-refractivity contribution in [2.45, 2.75) is 9.79 Å². The van der Waals surface area contributed by atoms with Crippen LogP contribution in [0.3, 0.4) is 0 Å². The third-order valence-corrected chi connectivity index (χ3v) is 3.97. The normalized spacial score (nSPS) is 12.8. The fraction of sp³-hybridized carbons (Fsp3) is 0.0667. The molecule has 2 heteroatoms. The van der Waals surface area contributed by atoms with Crippen molar-refractivity contribution in [1.29, 1.82) is 0 Å². The fourth-order valence-corrected chi connectivity index (χ4v) is 3.20. The van der Waals surface area contributed by atoms with E-state index in [0.29, 0.717) is 0 Å². The number of fused-ring (bicyclic) bond motifs is 2. The van der Waals surface area contributed by atoms with Crippen LogP contribution in [0, 0.1) is 0 Å². The smallest absolute Gasteiger partial charge is 0.0555 e. The third-order valence-electron chi connectivity index (χ3n) is 2.84. The molecule has 0 saturated carbocycles. The molecule has 0 N–H and O–H groups in total. The van der Waals surface area contributed by atoms with Crippen molar-refractivity contribution in [3.05, 3.63) is 61.2 Å². The van der Waals surface area contributed by atoms with Gasteiger partial charge in [0.25, 0.3) is 0 Å². The van der Waals surface area contributed by atoms with Gasteiger partial charge in [0.1, 0.15) is 0 Å². The topological polar surface area (TPSA) is 3.24 Å². The summed E-state index contributed by atoms with van der Waals surface area (Å²) in [6.45, 7) is 4.69. The Morgan fingerprint density at radius 1 is 0.941 bits per heavy atom. The van der Waals surface area contributed by atoms with E-state index in [1.54, 1.807) is 0 Å². The molecule has 2 aromatic carbocycles. The minimum Gasteiger partial charge on any atom is -0.336 e. The third kappa shape index (κ3) is 1.75. The molecule has 1 heterocycles. The Kier molecular flexibility index (Phi) is 2.65. The lowest BCUT2D eigenvalue weighted by Crippen LogP contribution is -2.20. The molecule has 0 amide bonds. The number of para-hydroxylation sites is 2. The molecule has 0 aromatic heterocycles. The van der Waals surface area contributed by atoms with E-state index in [9.17, 15) is 0 Å². The lowest BCUT2D eigenvalue weighted by Gasteiger charge is -2.31. The van der Waals surface area contributed by atoms with E-state index in [4.69, 9.17) is 0 Å². The first-order chi connectivity index (χ1) is 8.40. The molecule has 0 aliphatic carbocycles. The van der Waals surface area contributed by atoms with Crippen LogP contribution in [-0.4, -0.2) is 6.54 Å². The Bertz CT molecular complexity index is 517. The predicted molar refractivity (Wildman–Crippen MR) is 74.2 cm³/mol. The van der Waals surface area contributed by atoms with Crippen molar-refractivity contribution in [3.8, 4) is 0 Å². The molecule has 0 bridgehead atoms. The van der Waals surface area contributed by atoms with E-state index in [1.165, 1.54) is 21.2 Å². The Morgan fingerprint density at radius 2 is 1.47 bits per heavy atom. The SMILES string of the molecule is C=CCN1c2ccccc2Sc2ccccc21. The molecule has 0 fully saturated rings. The van der Waals surface area contributed by atoms with Crippen LogP contribution in [0.4, 0.5) is 11.4 Å². The average molecular weight is 239 g/mol. The number of hydrogen-bond acceptors (Lipinski definition) is 2.